The van der Waals surface area contributed by atoms with E-state index in [1.165, 1.54) is 23.5 Å². The van der Waals surface area contributed by atoms with E-state index in [4.69, 9.17) is 0 Å². The molecule has 1 atom stereocenters. The molecule has 6 heteroatoms. The Morgan fingerprint density at radius 1 is 1.23 bits per heavy atom. The first-order chi connectivity index (χ1) is 12.3. The molecule has 1 aromatic carbocycles. The first-order valence-corrected chi connectivity index (χ1v) is 9.18. The number of benzene rings is 1. The second kappa shape index (κ2) is 7.33. The van der Waals surface area contributed by atoms with Crippen molar-refractivity contribution >= 4 is 12.0 Å². The van der Waals surface area contributed by atoms with Crippen LogP contribution in [-0.2, 0) is 11.0 Å². The molecule has 1 saturated carbocycles. The van der Waals surface area contributed by atoms with Crippen molar-refractivity contribution < 1.29 is 18.0 Å². The SMILES string of the molecule is CC(C)CC1=CN(c2ccccc2C(F)(F)F)C(C=O)N1CC1CCC1. The number of carbonyl (C=O) groups excluding carboxylic acids is 1. The van der Waals surface area contributed by atoms with Crippen molar-refractivity contribution in [1.29, 1.82) is 0 Å². The van der Waals surface area contributed by atoms with E-state index in [2.05, 4.69) is 13.8 Å². The third-order valence-electron chi connectivity index (χ3n) is 5.17. The highest BCUT2D eigenvalue weighted by molar-refractivity contribution is 5.71. The lowest BCUT2D eigenvalue weighted by molar-refractivity contribution is -0.137. The lowest BCUT2D eigenvalue weighted by Crippen LogP contribution is -2.44. The van der Waals surface area contributed by atoms with Crippen molar-refractivity contribution in [1.82, 2.24) is 4.90 Å². The van der Waals surface area contributed by atoms with E-state index in [0.29, 0.717) is 11.8 Å². The summed E-state index contributed by atoms with van der Waals surface area (Å²) in [6, 6.07) is 5.47. The van der Waals surface area contributed by atoms with Crippen LogP contribution in [0.1, 0.15) is 45.1 Å². The number of carbonyl (C=O) groups is 1. The summed E-state index contributed by atoms with van der Waals surface area (Å²) in [5.74, 6) is 0.876. The van der Waals surface area contributed by atoms with Crippen molar-refractivity contribution in [3.8, 4) is 0 Å². The molecule has 1 heterocycles. The summed E-state index contributed by atoms with van der Waals surface area (Å²) in [6.07, 6.45) is 1.49. The van der Waals surface area contributed by atoms with Crippen molar-refractivity contribution in [2.75, 3.05) is 11.4 Å². The minimum Gasteiger partial charge on any atom is -0.347 e. The maximum absolute atomic E-state index is 13.5. The summed E-state index contributed by atoms with van der Waals surface area (Å²) < 4.78 is 40.4. The molecule has 0 amide bonds. The molecule has 3 rings (SSSR count). The lowest BCUT2D eigenvalue weighted by atomic mass is 9.85. The van der Waals surface area contributed by atoms with Crippen LogP contribution in [0.5, 0.6) is 0 Å². The molecule has 0 bridgehead atoms. The van der Waals surface area contributed by atoms with Gasteiger partial charge < -0.3 is 9.80 Å². The number of hydrogen-bond donors (Lipinski definition) is 0. The summed E-state index contributed by atoms with van der Waals surface area (Å²) in [5.41, 5.74) is 0.271. The molecule has 3 nitrogen and oxygen atoms in total. The number of rotatable bonds is 6. The Balaban J connectivity index is 1.98. The van der Waals surface area contributed by atoms with Gasteiger partial charge in [-0.25, -0.2) is 0 Å². The first-order valence-electron chi connectivity index (χ1n) is 9.18. The Kier molecular flexibility index (Phi) is 5.30. The zero-order chi connectivity index (χ0) is 18.9. The average Bonchev–Trinajstić information content (AvgIpc) is 2.86. The van der Waals surface area contributed by atoms with Crippen molar-refractivity contribution in [3.63, 3.8) is 0 Å². The highest BCUT2D eigenvalue weighted by Gasteiger charge is 2.40. The molecule has 1 unspecified atom stereocenters. The zero-order valence-corrected chi connectivity index (χ0v) is 15.2. The minimum atomic E-state index is -4.46. The average molecular weight is 366 g/mol. The fourth-order valence-electron chi connectivity index (χ4n) is 3.69. The van der Waals surface area contributed by atoms with Crippen LogP contribution in [0.15, 0.2) is 36.2 Å². The van der Waals surface area contributed by atoms with Gasteiger partial charge in [0.2, 0.25) is 0 Å². The summed E-state index contributed by atoms with van der Waals surface area (Å²) in [7, 11) is 0. The van der Waals surface area contributed by atoms with Gasteiger partial charge in [-0.2, -0.15) is 13.2 Å². The Hall–Kier alpha value is -1.98. The van der Waals surface area contributed by atoms with Gasteiger partial charge in [0, 0.05) is 18.4 Å². The van der Waals surface area contributed by atoms with E-state index < -0.39 is 17.9 Å². The number of anilines is 1. The highest BCUT2D eigenvalue weighted by atomic mass is 19.4. The van der Waals surface area contributed by atoms with Gasteiger partial charge in [-0.3, -0.25) is 4.79 Å². The number of allylic oxidation sites excluding steroid dienone is 1. The molecule has 0 aromatic heterocycles. The molecule has 1 aliphatic heterocycles. The van der Waals surface area contributed by atoms with E-state index in [0.717, 1.165) is 43.9 Å². The van der Waals surface area contributed by atoms with Gasteiger partial charge in [0.05, 0.1) is 11.3 Å². The Labute approximate surface area is 152 Å². The van der Waals surface area contributed by atoms with Crippen LogP contribution in [0.25, 0.3) is 0 Å². The van der Waals surface area contributed by atoms with Crippen molar-refractivity contribution in [2.24, 2.45) is 11.8 Å². The van der Waals surface area contributed by atoms with Crippen LogP contribution < -0.4 is 4.90 Å². The number of aldehydes is 1. The smallest absolute Gasteiger partial charge is 0.347 e. The van der Waals surface area contributed by atoms with Gasteiger partial charge in [-0.15, -0.1) is 0 Å². The van der Waals surface area contributed by atoms with Crippen LogP contribution in [0.2, 0.25) is 0 Å². The minimum absolute atomic E-state index is 0.0365. The van der Waals surface area contributed by atoms with Gasteiger partial charge in [0.1, 0.15) is 0 Å². The molecular formula is C20H25F3N2O. The molecular weight excluding hydrogens is 341 g/mol. The monoisotopic (exact) mass is 366 g/mol. The predicted molar refractivity (Wildman–Crippen MR) is 95.4 cm³/mol. The lowest BCUT2D eigenvalue weighted by Gasteiger charge is -2.37. The Morgan fingerprint density at radius 3 is 2.46 bits per heavy atom. The second-order valence-corrected chi connectivity index (χ2v) is 7.64. The number of alkyl halides is 3. The zero-order valence-electron chi connectivity index (χ0n) is 15.2. The molecule has 2 aliphatic rings. The maximum Gasteiger partial charge on any atom is 0.418 e. The number of para-hydroxylation sites is 1. The van der Waals surface area contributed by atoms with Crippen molar-refractivity contribution in [2.45, 2.75) is 51.9 Å². The quantitative estimate of drug-likeness (QED) is 0.659. The molecule has 26 heavy (non-hydrogen) atoms. The molecule has 0 saturated heterocycles. The van der Waals surface area contributed by atoms with Gasteiger partial charge in [-0.1, -0.05) is 32.4 Å². The summed E-state index contributed by atoms with van der Waals surface area (Å²) in [4.78, 5) is 15.4. The van der Waals surface area contributed by atoms with E-state index in [1.54, 1.807) is 12.3 Å². The fourth-order valence-corrected chi connectivity index (χ4v) is 3.69. The van der Waals surface area contributed by atoms with Gasteiger partial charge in [0.25, 0.3) is 0 Å². The number of hydrogen-bond acceptors (Lipinski definition) is 3. The predicted octanol–water partition coefficient (Wildman–Crippen LogP) is 5.04. The van der Waals surface area contributed by atoms with Crippen LogP contribution in [-0.4, -0.2) is 23.9 Å². The molecule has 142 valence electrons. The van der Waals surface area contributed by atoms with E-state index in [9.17, 15) is 18.0 Å². The molecule has 0 radical (unpaired) electrons. The molecule has 0 N–H and O–H groups in total. The topological polar surface area (TPSA) is 23.6 Å². The third kappa shape index (κ3) is 3.74. The van der Waals surface area contributed by atoms with Crippen LogP contribution >= 0.6 is 0 Å². The van der Waals surface area contributed by atoms with E-state index in [-0.39, 0.29) is 5.69 Å². The molecule has 1 fully saturated rings. The van der Waals surface area contributed by atoms with E-state index in [1.807, 2.05) is 4.90 Å². The normalized spacial score (nSPS) is 21.2. The maximum atomic E-state index is 13.5. The molecule has 0 spiro atoms. The first kappa shape index (κ1) is 18.8. The molecule has 1 aliphatic carbocycles. The second-order valence-electron chi connectivity index (χ2n) is 7.64. The van der Waals surface area contributed by atoms with Crippen LogP contribution in [0.3, 0.4) is 0 Å². The standard InChI is InChI=1S/C20H25F3N2O/c1-14(2)10-16-12-25(18-9-4-3-8-17(18)20(21,22)23)19(13-26)24(16)11-15-6-5-7-15/h3-4,8-9,12-15,19H,5-7,10-11H2,1-2H3. The van der Waals surface area contributed by atoms with Gasteiger partial charge >= 0.3 is 6.18 Å². The summed E-state index contributed by atoms with van der Waals surface area (Å²) in [6.45, 7) is 4.88. The largest absolute Gasteiger partial charge is 0.418 e. The van der Waals surface area contributed by atoms with Crippen LogP contribution in [0, 0.1) is 11.8 Å². The third-order valence-corrected chi connectivity index (χ3v) is 5.17. The molecule has 1 aromatic rings. The summed E-state index contributed by atoms with van der Waals surface area (Å²) in [5, 5.41) is 0. The number of halogens is 3. The fraction of sp³-hybridized carbons (Fsp3) is 0.550. The summed E-state index contributed by atoms with van der Waals surface area (Å²) >= 11 is 0. The Morgan fingerprint density at radius 2 is 1.92 bits per heavy atom. The number of nitrogens with zero attached hydrogens (tertiary/aromatic N) is 2. The van der Waals surface area contributed by atoms with E-state index >= 15 is 0 Å². The van der Waals surface area contributed by atoms with Gasteiger partial charge in [0.15, 0.2) is 12.5 Å². The van der Waals surface area contributed by atoms with Gasteiger partial charge in [-0.05, 0) is 43.2 Å². The Bertz CT molecular complexity index is 680. The highest BCUT2D eigenvalue weighted by Crippen LogP contribution is 2.41. The van der Waals surface area contributed by atoms with Crippen molar-refractivity contribution in [3.05, 3.63) is 41.7 Å². The van der Waals surface area contributed by atoms with Crippen LogP contribution in [0.4, 0.5) is 18.9 Å².